The Labute approximate surface area is 80.7 Å². The Balaban J connectivity index is 2.17. The molecule has 0 saturated carbocycles. The van der Waals surface area contributed by atoms with E-state index in [1.165, 1.54) is 0 Å². The van der Waals surface area contributed by atoms with Crippen LogP contribution in [0.1, 0.15) is 26.7 Å². The summed E-state index contributed by atoms with van der Waals surface area (Å²) in [4.78, 5) is 2.43. The Morgan fingerprint density at radius 3 is 2.38 bits per heavy atom. The van der Waals surface area contributed by atoms with Gasteiger partial charge in [0.05, 0.1) is 12.2 Å². The van der Waals surface area contributed by atoms with Crippen molar-refractivity contribution in [2.75, 3.05) is 26.2 Å². The van der Waals surface area contributed by atoms with Gasteiger partial charge >= 0.3 is 0 Å². The van der Waals surface area contributed by atoms with E-state index in [4.69, 9.17) is 9.84 Å². The van der Waals surface area contributed by atoms with E-state index in [1.54, 1.807) is 0 Å². The topological polar surface area (TPSA) is 32.7 Å². The predicted octanol–water partition coefficient (Wildman–Crippen LogP) is 0.868. The number of ether oxygens (including phenoxy) is 1. The highest BCUT2D eigenvalue weighted by molar-refractivity contribution is 4.72. The number of aliphatic hydroxyl groups is 1. The normalized spacial score (nSPS) is 30.7. The van der Waals surface area contributed by atoms with Crippen LogP contribution in [0.15, 0.2) is 0 Å². The number of rotatable bonds is 4. The predicted molar refractivity (Wildman–Crippen MR) is 52.8 cm³/mol. The average molecular weight is 187 g/mol. The lowest BCUT2D eigenvalue weighted by molar-refractivity contribution is -0.0682. The van der Waals surface area contributed by atoms with E-state index >= 15 is 0 Å². The van der Waals surface area contributed by atoms with Gasteiger partial charge in [-0.3, -0.25) is 4.90 Å². The highest BCUT2D eigenvalue weighted by Crippen LogP contribution is 2.10. The summed E-state index contributed by atoms with van der Waals surface area (Å²) in [6.45, 7) is 7.73. The zero-order chi connectivity index (χ0) is 9.68. The maximum Gasteiger partial charge on any atom is 0.0678 e. The molecule has 0 spiro atoms. The molecule has 1 aliphatic rings. The van der Waals surface area contributed by atoms with Crippen LogP contribution in [0.3, 0.4) is 0 Å². The molecule has 3 nitrogen and oxygen atoms in total. The van der Waals surface area contributed by atoms with Gasteiger partial charge in [0.25, 0.3) is 0 Å². The number of hydrogen-bond acceptors (Lipinski definition) is 3. The Hall–Kier alpha value is -0.120. The first-order valence-corrected chi connectivity index (χ1v) is 5.21. The molecule has 0 aliphatic carbocycles. The molecule has 78 valence electrons. The van der Waals surface area contributed by atoms with Gasteiger partial charge in [-0.1, -0.05) is 0 Å². The van der Waals surface area contributed by atoms with Crippen molar-refractivity contribution in [2.24, 2.45) is 0 Å². The minimum atomic E-state index is 0.315. The van der Waals surface area contributed by atoms with Crippen LogP contribution >= 0.6 is 0 Å². The Kier molecular flexibility index (Phi) is 4.70. The molecular formula is C10H21NO2. The van der Waals surface area contributed by atoms with Crippen LogP contribution < -0.4 is 0 Å². The third-order valence-corrected chi connectivity index (χ3v) is 2.38. The first-order valence-electron chi connectivity index (χ1n) is 5.21. The fraction of sp³-hybridized carbons (Fsp3) is 1.00. The van der Waals surface area contributed by atoms with Crippen molar-refractivity contribution in [2.45, 2.75) is 38.9 Å². The van der Waals surface area contributed by atoms with Crippen LogP contribution in [-0.4, -0.2) is 48.5 Å². The van der Waals surface area contributed by atoms with Gasteiger partial charge in [-0.15, -0.1) is 0 Å². The number of nitrogens with zero attached hydrogens (tertiary/aromatic N) is 1. The highest BCUT2D eigenvalue weighted by Gasteiger charge is 2.21. The zero-order valence-electron chi connectivity index (χ0n) is 8.70. The second-order valence-corrected chi connectivity index (χ2v) is 3.95. The van der Waals surface area contributed by atoms with Gasteiger partial charge in [0, 0.05) is 19.7 Å². The van der Waals surface area contributed by atoms with E-state index in [0.717, 1.165) is 32.5 Å². The van der Waals surface area contributed by atoms with E-state index in [1.807, 2.05) is 0 Å². The summed E-state index contributed by atoms with van der Waals surface area (Å²) in [6.07, 6.45) is 2.73. The summed E-state index contributed by atoms with van der Waals surface area (Å²) < 4.78 is 5.63. The summed E-state index contributed by atoms with van der Waals surface area (Å²) in [7, 11) is 0. The summed E-state index contributed by atoms with van der Waals surface area (Å²) in [5.41, 5.74) is 0. The van der Waals surface area contributed by atoms with Crippen molar-refractivity contribution >= 4 is 0 Å². The lowest BCUT2D eigenvalue weighted by Gasteiger charge is -2.35. The number of aliphatic hydroxyl groups excluding tert-OH is 1. The number of unbranched alkanes of at least 4 members (excludes halogenated alkanes) is 1. The highest BCUT2D eigenvalue weighted by atomic mass is 16.5. The number of morpholine rings is 1. The molecule has 1 rings (SSSR count). The zero-order valence-corrected chi connectivity index (χ0v) is 8.70. The maximum absolute atomic E-state index is 8.66. The van der Waals surface area contributed by atoms with Crippen LogP contribution in [0.5, 0.6) is 0 Å². The maximum atomic E-state index is 8.66. The van der Waals surface area contributed by atoms with E-state index in [-0.39, 0.29) is 0 Å². The molecule has 0 aromatic heterocycles. The third-order valence-electron chi connectivity index (χ3n) is 2.38. The van der Waals surface area contributed by atoms with Crippen molar-refractivity contribution in [1.82, 2.24) is 4.90 Å². The summed E-state index contributed by atoms with van der Waals surface area (Å²) in [5, 5.41) is 8.66. The molecule has 1 N–H and O–H groups in total. The Morgan fingerprint density at radius 2 is 1.85 bits per heavy atom. The van der Waals surface area contributed by atoms with Crippen LogP contribution in [0.2, 0.25) is 0 Å². The molecule has 0 amide bonds. The van der Waals surface area contributed by atoms with Crippen molar-refractivity contribution in [3.05, 3.63) is 0 Å². The van der Waals surface area contributed by atoms with Gasteiger partial charge in [-0.05, 0) is 33.2 Å². The van der Waals surface area contributed by atoms with Crippen LogP contribution in [0, 0.1) is 0 Å². The molecular weight excluding hydrogens is 166 g/mol. The average Bonchev–Trinajstić information content (AvgIpc) is 2.03. The Bertz CT molecular complexity index is 131. The molecule has 13 heavy (non-hydrogen) atoms. The third kappa shape index (κ3) is 4.07. The van der Waals surface area contributed by atoms with Crippen molar-refractivity contribution < 1.29 is 9.84 Å². The van der Waals surface area contributed by atoms with E-state index in [0.29, 0.717) is 18.8 Å². The minimum absolute atomic E-state index is 0.315. The minimum Gasteiger partial charge on any atom is -0.396 e. The smallest absolute Gasteiger partial charge is 0.0678 e. The molecule has 1 heterocycles. The van der Waals surface area contributed by atoms with Crippen molar-refractivity contribution in [3.63, 3.8) is 0 Å². The quantitative estimate of drug-likeness (QED) is 0.663. The second-order valence-electron chi connectivity index (χ2n) is 3.95. The SMILES string of the molecule is C[C@H]1CN(CCCCO)C[C@H](C)O1. The van der Waals surface area contributed by atoms with E-state index < -0.39 is 0 Å². The van der Waals surface area contributed by atoms with Crippen molar-refractivity contribution in [3.8, 4) is 0 Å². The molecule has 1 saturated heterocycles. The van der Waals surface area contributed by atoms with E-state index in [2.05, 4.69) is 18.7 Å². The lowest BCUT2D eigenvalue weighted by atomic mass is 10.2. The molecule has 0 aromatic rings. The lowest BCUT2D eigenvalue weighted by Crippen LogP contribution is -2.45. The van der Waals surface area contributed by atoms with Gasteiger partial charge in [-0.25, -0.2) is 0 Å². The summed E-state index contributed by atoms with van der Waals surface area (Å²) in [5.74, 6) is 0. The molecule has 0 unspecified atom stereocenters. The molecule has 1 fully saturated rings. The Morgan fingerprint density at radius 1 is 1.23 bits per heavy atom. The van der Waals surface area contributed by atoms with Gasteiger partial charge in [0.15, 0.2) is 0 Å². The second kappa shape index (κ2) is 5.58. The fourth-order valence-electron chi connectivity index (χ4n) is 1.91. The van der Waals surface area contributed by atoms with Gasteiger partial charge in [0.1, 0.15) is 0 Å². The van der Waals surface area contributed by atoms with Crippen molar-refractivity contribution in [1.29, 1.82) is 0 Å². The molecule has 0 aromatic carbocycles. The van der Waals surface area contributed by atoms with E-state index in [9.17, 15) is 0 Å². The molecule has 0 radical (unpaired) electrons. The molecule has 2 atom stereocenters. The monoisotopic (exact) mass is 187 g/mol. The van der Waals surface area contributed by atoms with Gasteiger partial charge in [-0.2, -0.15) is 0 Å². The molecule has 1 aliphatic heterocycles. The largest absolute Gasteiger partial charge is 0.396 e. The molecule has 3 heteroatoms. The first kappa shape index (κ1) is 11.0. The van der Waals surface area contributed by atoms with Gasteiger partial charge in [0.2, 0.25) is 0 Å². The number of hydrogen-bond donors (Lipinski definition) is 1. The summed E-state index contributed by atoms with van der Waals surface area (Å²) in [6, 6.07) is 0. The fourth-order valence-corrected chi connectivity index (χ4v) is 1.91. The van der Waals surface area contributed by atoms with Crippen LogP contribution in [0.4, 0.5) is 0 Å². The summed E-state index contributed by atoms with van der Waals surface area (Å²) >= 11 is 0. The van der Waals surface area contributed by atoms with Crippen LogP contribution in [0.25, 0.3) is 0 Å². The first-order chi connectivity index (χ1) is 6.22. The van der Waals surface area contributed by atoms with Gasteiger partial charge < -0.3 is 9.84 Å². The van der Waals surface area contributed by atoms with Crippen LogP contribution in [-0.2, 0) is 4.74 Å². The standard InChI is InChI=1S/C10H21NO2/c1-9-7-11(5-3-4-6-12)8-10(2)13-9/h9-10,12H,3-8H2,1-2H3/t9-,10-/m0/s1. The molecule has 0 bridgehead atoms.